The van der Waals surface area contributed by atoms with Gasteiger partial charge in [-0.1, -0.05) is 81.4 Å². The molecule has 2 aromatic carbocycles. The third-order valence-corrected chi connectivity index (χ3v) is 12.4. The zero-order valence-corrected chi connectivity index (χ0v) is 21.9. The molecule has 8 nitrogen and oxygen atoms in total. The first kappa shape index (κ1) is 24.9. The molecule has 0 unspecified atom stereocenters. The molecule has 9 heteroatoms. The van der Waals surface area contributed by atoms with Crippen LogP contribution in [0.3, 0.4) is 0 Å². The summed E-state index contributed by atoms with van der Waals surface area (Å²) in [4.78, 5) is 26.7. The summed E-state index contributed by atoms with van der Waals surface area (Å²) in [6.45, 7) is 8.39. The SMILES string of the molecule is Cc1cn([C@@H]2O[C@@]3(CO[Si](c4ccccc4)(c4ccccc4)C(C)(C)C)CO[C@@H]2[C@@H]3O)c(=O)[nH]c1=O. The second-order valence-corrected chi connectivity index (χ2v) is 15.0. The van der Waals surface area contributed by atoms with E-state index in [1.54, 1.807) is 6.92 Å². The van der Waals surface area contributed by atoms with Gasteiger partial charge in [-0.3, -0.25) is 14.3 Å². The van der Waals surface area contributed by atoms with Crippen LogP contribution in [0.15, 0.2) is 76.4 Å². The number of nitrogens with one attached hydrogen (secondary N) is 1. The quantitative estimate of drug-likeness (QED) is 0.489. The Morgan fingerprint density at radius 2 is 1.67 bits per heavy atom. The first-order valence-corrected chi connectivity index (χ1v) is 14.0. The van der Waals surface area contributed by atoms with Gasteiger partial charge in [0.25, 0.3) is 13.9 Å². The van der Waals surface area contributed by atoms with Gasteiger partial charge >= 0.3 is 5.69 Å². The number of rotatable bonds is 6. The molecule has 3 aromatic rings. The van der Waals surface area contributed by atoms with E-state index in [9.17, 15) is 14.7 Å². The second kappa shape index (κ2) is 8.93. The van der Waals surface area contributed by atoms with Gasteiger partial charge < -0.3 is 19.0 Å². The number of hydrogen-bond donors (Lipinski definition) is 2. The highest BCUT2D eigenvalue weighted by molar-refractivity contribution is 6.99. The van der Waals surface area contributed by atoms with Crippen LogP contribution in [0.2, 0.25) is 5.04 Å². The predicted molar refractivity (Wildman–Crippen MR) is 138 cm³/mol. The van der Waals surface area contributed by atoms with Crippen molar-refractivity contribution in [2.24, 2.45) is 0 Å². The lowest BCUT2D eigenvalue weighted by molar-refractivity contribution is -0.185. The topological polar surface area (TPSA) is 103 Å². The summed E-state index contributed by atoms with van der Waals surface area (Å²) in [5, 5.41) is 13.3. The minimum absolute atomic E-state index is 0.0888. The number of H-pyrrole nitrogens is 1. The molecule has 0 radical (unpaired) electrons. The fourth-order valence-electron chi connectivity index (χ4n) is 5.51. The van der Waals surface area contributed by atoms with Gasteiger partial charge in [-0.15, -0.1) is 0 Å². The molecule has 4 atom stereocenters. The maximum absolute atomic E-state index is 12.6. The molecule has 0 spiro atoms. The number of fused-ring (bicyclic) bond motifs is 2. The molecule has 2 fully saturated rings. The van der Waals surface area contributed by atoms with Crippen molar-refractivity contribution in [1.82, 2.24) is 9.55 Å². The highest BCUT2D eigenvalue weighted by Crippen LogP contribution is 2.46. The van der Waals surface area contributed by atoms with E-state index in [-0.39, 0.29) is 18.3 Å². The zero-order chi connectivity index (χ0) is 25.7. The van der Waals surface area contributed by atoms with Gasteiger partial charge in [0, 0.05) is 11.8 Å². The summed E-state index contributed by atoms with van der Waals surface area (Å²) in [6, 6.07) is 20.5. The van der Waals surface area contributed by atoms with E-state index in [1.807, 2.05) is 36.4 Å². The standard InChI is InChI=1S/C27H32N2O6Si/c1-18-15-29(25(32)28-23(18)31)24-21-22(30)27(35-24,16-33-21)17-34-36(26(2,3)4,19-11-7-5-8-12-19)20-13-9-6-10-14-20/h5-15,21-22,24,30H,16-17H2,1-4H3,(H,28,31,32)/t21-,22+,24-,27-/m1/s1. The maximum Gasteiger partial charge on any atom is 0.330 e. The number of nitrogens with zero attached hydrogens (tertiary/aromatic N) is 1. The normalized spacial score (nSPS) is 25.9. The molecule has 36 heavy (non-hydrogen) atoms. The number of hydrogen-bond acceptors (Lipinski definition) is 6. The lowest BCUT2D eigenvalue weighted by Gasteiger charge is -2.45. The average Bonchev–Trinajstić information content (AvgIpc) is 3.31. The van der Waals surface area contributed by atoms with Crippen LogP contribution < -0.4 is 21.6 Å². The molecule has 3 heterocycles. The molecule has 0 aliphatic carbocycles. The van der Waals surface area contributed by atoms with Gasteiger partial charge in [-0.2, -0.15) is 0 Å². The molecular weight excluding hydrogens is 476 g/mol. The van der Waals surface area contributed by atoms with Crippen LogP contribution in [0.4, 0.5) is 0 Å². The highest BCUT2D eigenvalue weighted by atomic mass is 28.4. The van der Waals surface area contributed by atoms with Crippen molar-refractivity contribution in [2.75, 3.05) is 13.2 Å². The van der Waals surface area contributed by atoms with Crippen molar-refractivity contribution in [1.29, 1.82) is 0 Å². The van der Waals surface area contributed by atoms with E-state index < -0.39 is 43.6 Å². The van der Waals surface area contributed by atoms with Crippen molar-refractivity contribution in [3.63, 3.8) is 0 Å². The Morgan fingerprint density at radius 3 is 2.22 bits per heavy atom. The van der Waals surface area contributed by atoms with Crippen LogP contribution in [-0.4, -0.2) is 54.0 Å². The third kappa shape index (κ3) is 3.82. The maximum atomic E-state index is 12.6. The van der Waals surface area contributed by atoms with E-state index in [0.29, 0.717) is 5.56 Å². The first-order valence-electron chi connectivity index (χ1n) is 12.1. The molecule has 2 N–H and O–H groups in total. The number of aryl methyl sites for hydroxylation is 1. The Bertz CT molecular complexity index is 1310. The van der Waals surface area contributed by atoms with E-state index in [1.165, 1.54) is 10.8 Å². The predicted octanol–water partition coefficient (Wildman–Crippen LogP) is 1.45. The Morgan fingerprint density at radius 1 is 1.08 bits per heavy atom. The van der Waals surface area contributed by atoms with E-state index >= 15 is 0 Å². The Hall–Kier alpha value is -2.82. The number of aliphatic hydroxyl groups is 1. The minimum Gasteiger partial charge on any atom is -0.404 e. The average molecular weight is 509 g/mol. The molecule has 2 saturated heterocycles. The van der Waals surface area contributed by atoms with Crippen LogP contribution in [0, 0.1) is 6.92 Å². The van der Waals surface area contributed by atoms with Crippen LogP contribution in [0.5, 0.6) is 0 Å². The number of aliphatic hydroxyl groups excluding tert-OH is 1. The minimum atomic E-state index is -2.88. The van der Waals surface area contributed by atoms with E-state index in [2.05, 4.69) is 50.0 Å². The number of aromatic amines is 1. The summed E-state index contributed by atoms with van der Waals surface area (Å²) < 4.78 is 20.6. The molecule has 190 valence electrons. The molecule has 0 saturated carbocycles. The molecule has 2 bridgehead atoms. The molecule has 2 aliphatic rings. The smallest absolute Gasteiger partial charge is 0.330 e. The summed E-state index contributed by atoms with van der Waals surface area (Å²) in [5.41, 5.74) is -1.84. The number of benzene rings is 2. The van der Waals surface area contributed by atoms with Crippen molar-refractivity contribution in [2.45, 2.75) is 56.8 Å². The van der Waals surface area contributed by atoms with Gasteiger partial charge in [0.1, 0.15) is 17.8 Å². The molecular formula is C27H32N2O6Si. The molecule has 0 amide bonds. The summed E-state index contributed by atoms with van der Waals surface area (Å²) in [5.74, 6) is 0. The molecule has 5 rings (SSSR count). The van der Waals surface area contributed by atoms with Gasteiger partial charge in [0.15, 0.2) is 6.23 Å². The van der Waals surface area contributed by atoms with Gasteiger partial charge in [0.2, 0.25) is 0 Å². The van der Waals surface area contributed by atoms with Gasteiger partial charge in [-0.05, 0) is 22.3 Å². The summed E-state index contributed by atoms with van der Waals surface area (Å²) in [6.07, 6.45) is -1.19. The zero-order valence-electron chi connectivity index (χ0n) is 20.9. The molecule has 1 aromatic heterocycles. The highest BCUT2D eigenvalue weighted by Gasteiger charge is 2.63. The monoisotopic (exact) mass is 508 g/mol. The summed E-state index contributed by atoms with van der Waals surface area (Å²) in [7, 11) is -2.88. The largest absolute Gasteiger partial charge is 0.404 e. The Labute approximate surface area is 210 Å². The first-order chi connectivity index (χ1) is 17.1. The fourth-order valence-corrected chi connectivity index (χ4v) is 10.1. The lowest BCUT2D eigenvalue weighted by atomic mass is 10.0. The van der Waals surface area contributed by atoms with E-state index in [0.717, 1.165) is 10.4 Å². The number of aromatic nitrogens is 2. The second-order valence-electron chi connectivity index (χ2n) is 10.7. The third-order valence-electron chi connectivity index (χ3n) is 7.38. The molecule has 2 aliphatic heterocycles. The van der Waals surface area contributed by atoms with E-state index in [4.69, 9.17) is 13.9 Å². The summed E-state index contributed by atoms with van der Waals surface area (Å²) >= 11 is 0. The Kier molecular flexibility index (Phi) is 6.17. The van der Waals surface area contributed by atoms with Crippen molar-refractivity contribution in [3.05, 3.63) is 93.3 Å². The van der Waals surface area contributed by atoms with Gasteiger partial charge in [-0.25, -0.2) is 4.79 Å². The number of ether oxygens (including phenoxy) is 2. The Balaban J connectivity index is 1.54. The van der Waals surface area contributed by atoms with Crippen molar-refractivity contribution in [3.8, 4) is 0 Å². The van der Waals surface area contributed by atoms with Crippen LogP contribution in [-0.2, 0) is 13.9 Å². The van der Waals surface area contributed by atoms with Crippen molar-refractivity contribution >= 4 is 18.7 Å². The van der Waals surface area contributed by atoms with Crippen molar-refractivity contribution < 1.29 is 19.0 Å². The van der Waals surface area contributed by atoms with Crippen LogP contribution in [0.1, 0.15) is 32.6 Å². The fraction of sp³-hybridized carbons (Fsp3) is 0.407. The van der Waals surface area contributed by atoms with Crippen LogP contribution in [0.25, 0.3) is 0 Å². The lowest BCUT2D eigenvalue weighted by Crippen LogP contribution is -2.68. The van der Waals surface area contributed by atoms with Gasteiger partial charge in [0.05, 0.1) is 13.2 Å². The van der Waals surface area contributed by atoms with Crippen LogP contribution >= 0.6 is 0 Å².